The summed E-state index contributed by atoms with van der Waals surface area (Å²) >= 11 is 0. The van der Waals surface area contributed by atoms with Crippen LogP contribution in [0.15, 0.2) is 18.2 Å². The Morgan fingerprint density at radius 3 is 2.69 bits per heavy atom. The van der Waals surface area contributed by atoms with Crippen molar-refractivity contribution in [3.8, 4) is 12.3 Å². The summed E-state index contributed by atoms with van der Waals surface area (Å²) in [4.78, 5) is 0. The average Bonchev–Trinajstić information content (AvgIpc) is 2.90. The number of halogens is 1. The van der Waals surface area contributed by atoms with Crippen molar-refractivity contribution in [1.29, 1.82) is 0 Å². The van der Waals surface area contributed by atoms with Crippen LogP contribution in [0, 0.1) is 25.1 Å². The van der Waals surface area contributed by atoms with E-state index in [1.165, 1.54) is 0 Å². The molecular weight excluding hydrogens is 163 g/mol. The molecule has 0 spiro atoms. The standard InChI is InChI=1S/C12H11F/c1-3-12(7-8-12)10-6-4-5-9(2)11(10)13/h1,4-6H,7-8H2,2H3. The van der Waals surface area contributed by atoms with Crippen LogP contribution < -0.4 is 0 Å². The van der Waals surface area contributed by atoms with Gasteiger partial charge in [0.25, 0.3) is 0 Å². The fraction of sp³-hybridized carbons (Fsp3) is 0.333. The summed E-state index contributed by atoms with van der Waals surface area (Å²) in [6.07, 6.45) is 7.24. The van der Waals surface area contributed by atoms with Crippen LogP contribution in [0.3, 0.4) is 0 Å². The zero-order valence-electron chi connectivity index (χ0n) is 7.60. The molecule has 1 aromatic carbocycles. The Labute approximate surface area is 77.8 Å². The molecule has 2 rings (SSSR count). The summed E-state index contributed by atoms with van der Waals surface area (Å²) in [6.45, 7) is 1.77. The number of terminal acetylenes is 1. The van der Waals surface area contributed by atoms with Gasteiger partial charge in [-0.15, -0.1) is 6.42 Å². The molecule has 1 aromatic rings. The summed E-state index contributed by atoms with van der Waals surface area (Å²) in [6, 6.07) is 5.44. The Hall–Kier alpha value is -1.29. The molecule has 1 aliphatic carbocycles. The van der Waals surface area contributed by atoms with Crippen LogP contribution in [0.2, 0.25) is 0 Å². The Morgan fingerprint density at radius 2 is 2.15 bits per heavy atom. The normalized spacial score (nSPS) is 17.9. The summed E-state index contributed by atoms with van der Waals surface area (Å²) < 4.78 is 13.6. The van der Waals surface area contributed by atoms with Gasteiger partial charge in [-0.2, -0.15) is 0 Å². The van der Waals surface area contributed by atoms with Gasteiger partial charge < -0.3 is 0 Å². The number of benzene rings is 1. The second kappa shape index (κ2) is 2.60. The molecular formula is C12H11F. The van der Waals surface area contributed by atoms with Crippen molar-refractivity contribution in [2.75, 3.05) is 0 Å². The smallest absolute Gasteiger partial charge is 0.130 e. The zero-order chi connectivity index (χ0) is 9.47. The van der Waals surface area contributed by atoms with Crippen LogP contribution in [0.4, 0.5) is 4.39 Å². The predicted octanol–water partition coefficient (Wildman–Crippen LogP) is 2.80. The maximum atomic E-state index is 13.6. The minimum absolute atomic E-state index is 0.127. The van der Waals surface area contributed by atoms with E-state index < -0.39 is 0 Å². The molecule has 13 heavy (non-hydrogen) atoms. The van der Waals surface area contributed by atoms with Crippen molar-refractivity contribution in [1.82, 2.24) is 0 Å². The second-order valence-corrected chi connectivity index (χ2v) is 3.66. The van der Waals surface area contributed by atoms with Crippen LogP contribution in [0.25, 0.3) is 0 Å². The van der Waals surface area contributed by atoms with E-state index in [-0.39, 0.29) is 11.2 Å². The molecule has 0 bridgehead atoms. The van der Waals surface area contributed by atoms with Crippen LogP contribution in [0.5, 0.6) is 0 Å². The van der Waals surface area contributed by atoms with E-state index in [1.54, 1.807) is 19.1 Å². The SMILES string of the molecule is C#CC1(c2cccc(C)c2F)CC1. The third kappa shape index (κ3) is 1.14. The Morgan fingerprint density at radius 1 is 1.46 bits per heavy atom. The maximum absolute atomic E-state index is 13.6. The van der Waals surface area contributed by atoms with Gasteiger partial charge in [-0.1, -0.05) is 24.1 Å². The lowest BCUT2D eigenvalue weighted by Crippen LogP contribution is -2.06. The van der Waals surface area contributed by atoms with E-state index in [2.05, 4.69) is 5.92 Å². The molecule has 1 aliphatic rings. The van der Waals surface area contributed by atoms with Gasteiger partial charge in [0, 0.05) is 5.56 Å². The first-order valence-corrected chi connectivity index (χ1v) is 4.43. The Kier molecular flexibility index (Phi) is 1.66. The molecule has 0 atom stereocenters. The minimum atomic E-state index is -0.282. The topological polar surface area (TPSA) is 0 Å². The fourth-order valence-corrected chi connectivity index (χ4v) is 1.63. The molecule has 0 nitrogen and oxygen atoms in total. The van der Waals surface area contributed by atoms with Gasteiger partial charge in [0.05, 0.1) is 5.41 Å². The first-order valence-electron chi connectivity index (χ1n) is 4.43. The lowest BCUT2D eigenvalue weighted by molar-refractivity contribution is 0.591. The van der Waals surface area contributed by atoms with Crippen molar-refractivity contribution in [3.05, 3.63) is 35.1 Å². The molecule has 0 aromatic heterocycles. The van der Waals surface area contributed by atoms with Gasteiger partial charge in [0.2, 0.25) is 0 Å². The predicted molar refractivity (Wildman–Crippen MR) is 50.9 cm³/mol. The van der Waals surface area contributed by atoms with Gasteiger partial charge in [-0.25, -0.2) is 4.39 Å². The molecule has 66 valence electrons. The van der Waals surface area contributed by atoms with Crippen LogP contribution in [0.1, 0.15) is 24.0 Å². The van der Waals surface area contributed by atoms with Crippen molar-refractivity contribution in [2.24, 2.45) is 0 Å². The maximum Gasteiger partial charge on any atom is 0.130 e. The highest BCUT2D eigenvalue weighted by Crippen LogP contribution is 2.48. The van der Waals surface area contributed by atoms with E-state index in [0.29, 0.717) is 11.1 Å². The fourth-order valence-electron chi connectivity index (χ4n) is 1.63. The van der Waals surface area contributed by atoms with Gasteiger partial charge in [0.15, 0.2) is 0 Å². The van der Waals surface area contributed by atoms with Crippen LogP contribution >= 0.6 is 0 Å². The van der Waals surface area contributed by atoms with E-state index >= 15 is 0 Å². The molecule has 1 heteroatoms. The molecule has 0 heterocycles. The number of rotatable bonds is 1. The van der Waals surface area contributed by atoms with E-state index in [1.807, 2.05) is 6.07 Å². The monoisotopic (exact) mass is 174 g/mol. The Balaban J connectivity index is 2.54. The quantitative estimate of drug-likeness (QED) is 0.574. The highest BCUT2D eigenvalue weighted by atomic mass is 19.1. The van der Waals surface area contributed by atoms with Gasteiger partial charge in [-0.05, 0) is 25.3 Å². The van der Waals surface area contributed by atoms with E-state index in [0.717, 1.165) is 12.8 Å². The van der Waals surface area contributed by atoms with E-state index in [9.17, 15) is 4.39 Å². The molecule has 0 saturated heterocycles. The highest BCUT2D eigenvalue weighted by molar-refractivity contribution is 5.43. The van der Waals surface area contributed by atoms with Crippen LogP contribution in [-0.2, 0) is 5.41 Å². The molecule has 0 amide bonds. The van der Waals surface area contributed by atoms with Gasteiger partial charge in [-0.3, -0.25) is 0 Å². The summed E-state index contributed by atoms with van der Waals surface area (Å²) in [5, 5.41) is 0. The lowest BCUT2D eigenvalue weighted by atomic mass is 9.95. The number of hydrogen-bond acceptors (Lipinski definition) is 0. The second-order valence-electron chi connectivity index (χ2n) is 3.66. The summed E-state index contributed by atoms with van der Waals surface area (Å²) in [5.41, 5.74) is 1.10. The number of aryl methyl sites for hydroxylation is 1. The highest BCUT2D eigenvalue weighted by Gasteiger charge is 2.44. The van der Waals surface area contributed by atoms with Gasteiger partial charge in [0.1, 0.15) is 5.82 Å². The van der Waals surface area contributed by atoms with Crippen molar-refractivity contribution in [3.63, 3.8) is 0 Å². The average molecular weight is 174 g/mol. The largest absolute Gasteiger partial charge is 0.206 e. The molecule has 1 fully saturated rings. The zero-order valence-corrected chi connectivity index (χ0v) is 7.60. The van der Waals surface area contributed by atoms with Gasteiger partial charge >= 0.3 is 0 Å². The summed E-state index contributed by atoms with van der Waals surface area (Å²) in [7, 11) is 0. The van der Waals surface area contributed by atoms with Crippen molar-refractivity contribution < 1.29 is 4.39 Å². The third-order valence-corrected chi connectivity index (χ3v) is 2.73. The molecule has 0 radical (unpaired) electrons. The van der Waals surface area contributed by atoms with Crippen molar-refractivity contribution >= 4 is 0 Å². The minimum Gasteiger partial charge on any atom is -0.206 e. The molecule has 1 saturated carbocycles. The first-order chi connectivity index (χ1) is 6.19. The third-order valence-electron chi connectivity index (χ3n) is 2.73. The molecule has 0 N–H and O–H groups in total. The lowest BCUT2D eigenvalue weighted by Gasteiger charge is -2.10. The molecule has 0 unspecified atom stereocenters. The molecule has 0 aliphatic heterocycles. The van der Waals surface area contributed by atoms with E-state index in [4.69, 9.17) is 6.42 Å². The Bertz CT molecular complexity index is 381. The van der Waals surface area contributed by atoms with Crippen molar-refractivity contribution in [2.45, 2.75) is 25.2 Å². The first kappa shape index (κ1) is 8.31. The van der Waals surface area contributed by atoms with Crippen LogP contribution in [-0.4, -0.2) is 0 Å². The summed E-state index contributed by atoms with van der Waals surface area (Å²) in [5.74, 6) is 2.57. The number of hydrogen-bond donors (Lipinski definition) is 0.